The zero-order valence-corrected chi connectivity index (χ0v) is 8.17. The summed E-state index contributed by atoms with van der Waals surface area (Å²) in [6.45, 7) is 6.08. The lowest BCUT2D eigenvalue weighted by Crippen LogP contribution is -2.21. The molecule has 70 valence electrons. The molecular weight excluding hydrogens is 150 g/mol. The quantitative estimate of drug-likeness (QED) is 0.723. The van der Waals surface area contributed by atoms with Crippen molar-refractivity contribution in [3.63, 3.8) is 0 Å². The van der Waals surface area contributed by atoms with Crippen LogP contribution in [0.15, 0.2) is 12.5 Å². The van der Waals surface area contributed by atoms with Gasteiger partial charge in [-0.1, -0.05) is 20.8 Å². The van der Waals surface area contributed by atoms with Gasteiger partial charge < -0.3 is 10.7 Å². The van der Waals surface area contributed by atoms with Crippen LogP contribution in [0.25, 0.3) is 0 Å². The van der Waals surface area contributed by atoms with Crippen LogP contribution in [0.5, 0.6) is 0 Å². The Morgan fingerprint density at radius 3 is 2.67 bits per heavy atom. The van der Waals surface area contributed by atoms with Crippen LogP contribution in [0.1, 0.15) is 32.9 Å². The average molecular weight is 169 g/mol. The molecule has 0 aliphatic carbocycles. The summed E-state index contributed by atoms with van der Waals surface area (Å²) in [5.41, 5.74) is 6.84. The van der Waals surface area contributed by atoms with E-state index in [1.165, 1.54) is 0 Å². The lowest BCUT2D eigenvalue weighted by molar-refractivity contribution is 0.638. The summed E-state index contributed by atoms with van der Waals surface area (Å²) in [5, 5.41) is 0. The molecule has 0 saturated carbocycles. The van der Waals surface area contributed by atoms with Gasteiger partial charge in [-0.2, -0.15) is 0 Å². The van der Waals surface area contributed by atoms with E-state index >= 15 is 0 Å². The van der Waals surface area contributed by atoms with Gasteiger partial charge in [0.25, 0.3) is 0 Å². The van der Waals surface area contributed by atoms with Crippen LogP contribution >= 0.6 is 0 Å². The largest absolute Gasteiger partial charge is 0.348 e. The fourth-order valence-electron chi connectivity index (χ4n) is 0.823. The van der Waals surface area contributed by atoms with Gasteiger partial charge in [0.1, 0.15) is 0 Å². The van der Waals surface area contributed by atoms with Crippen molar-refractivity contribution in [1.29, 1.82) is 0 Å². The van der Waals surface area contributed by atoms with Gasteiger partial charge in [-0.15, -0.1) is 0 Å². The van der Waals surface area contributed by atoms with E-state index in [9.17, 15) is 0 Å². The number of aromatic amines is 1. The molecule has 12 heavy (non-hydrogen) atoms. The highest BCUT2D eigenvalue weighted by atomic mass is 14.9. The second-order valence-electron chi connectivity index (χ2n) is 2.45. The molecule has 0 fully saturated rings. The number of nitrogens with two attached hydrogens (primary N) is 1. The van der Waals surface area contributed by atoms with Crippen LogP contribution in [-0.4, -0.2) is 16.0 Å². The Hall–Kier alpha value is -0.830. The van der Waals surface area contributed by atoms with Crippen LogP contribution in [0.2, 0.25) is 0 Å². The van der Waals surface area contributed by atoms with E-state index in [1.54, 1.807) is 6.33 Å². The molecule has 3 heteroatoms. The van der Waals surface area contributed by atoms with Crippen LogP contribution in [0.3, 0.4) is 0 Å². The normalized spacial score (nSPS) is 11.7. The molecule has 1 atom stereocenters. The van der Waals surface area contributed by atoms with Gasteiger partial charge in [-0.25, -0.2) is 4.98 Å². The minimum absolute atomic E-state index is 0.264. The zero-order chi connectivity index (χ0) is 9.40. The van der Waals surface area contributed by atoms with Gasteiger partial charge in [-0.05, 0) is 6.42 Å². The Morgan fingerprint density at radius 1 is 1.58 bits per heavy atom. The van der Waals surface area contributed by atoms with E-state index < -0.39 is 0 Å². The number of hydrogen-bond acceptors (Lipinski definition) is 2. The third kappa shape index (κ3) is 4.13. The molecule has 1 aromatic heterocycles. The summed E-state index contributed by atoms with van der Waals surface area (Å²) in [4.78, 5) is 6.91. The Morgan fingerprint density at radius 2 is 2.25 bits per heavy atom. The van der Waals surface area contributed by atoms with E-state index in [0.29, 0.717) is 0 Å². The molecular formula is C9H19N3. The first-order valence-corrected chi connectivity index (χ1v) is 4.55. The molecule has 0 spiro atoms. The first-order chi connectivity index (χ1) is 5.83. The van der Waals surface area contributed by atoms with Crippen molar-refractivity contribution in [1.82, 2.24) is 9.97 Å². The Bertz CT molecular complexity index is 170. The topological polar surface area (TPSA) is 54.7 Å². The summed E-state index contributed by atoms with van der Waals surface area (Å²) < 4.78 is 0. The Labute approximate surface area is 74.4 Å². The number of hydrogen-bond donors (Lipinski definition) is 2. The number of H-pyrrole nitrogens is 1. The molecule has 1 unspecified atom stereocenters. The van der Waals surface area contributed by atoms with Gasteiger partial charge in [-0.3, -0.25) is 0 Å². The summed E-state index contributed by atoms with van der Waals surface area (Å²) in [6.07, 6.45) is 5.41. The molecule has 0 aliphatic heterocycles. The van der Waals surface area contributed by atoms with Crippen molar-refractivity contribution in [3.8, 4) is 0 Å². The maximum Gasteiger partial charge on any atom is 0.0921 e. The van der Waals surface area contributed by atoms with Crippen LogP contribution < -0.4 is 5.73 Å². The van der Waals surface area contributed by atoms with Crippen molar-refractivity contribution in [3.05, 3.63) is 18.2 Å². The molecule has 1 heterocycles. The molecule has 0 saturated heterocycles. The predicted octanol–water partition coefficient (Wildman–Crippen LogP) is 1.72. The lowest BCUT2D eigenvalue weighted by Gasteiger charge is -2.04. The number of imidazole rings is 1. The molecule has 1 rings (SSSR count). The van der Waals surface area contributed by atoms with E-state index in [1.807, 2.05) is 20.0 Å². The molecule has 0 amide bonds. The number of nitrogens with one attached hydrogen (secondary N) is 1. The van der Waals surface area contributed by atoms with Crippen molar-refractivity contribution in [2.24, 2.45) is 5.73 Å². The lowest BCUT2D eigenvalue weighted by atomic mass is 10.1. The van der Waals surface area contributed by atoms with Crippen LogP contribution in [0, 0.1) is 0 Å². The first-order valence-electron chi connectivity index (χ1n) is 4.55. The smallest absolute Gasteiger partial charge is 0.0921 e. The third-order valence-corrected chi connectivity index (χ3v) is 1.56. The fourth-order valence-corrected chi connectivity index (χ4v) is 0.823. The minimum atomic E-state index is 0.264. The van der Waals surface area contributed by atoms with E-state index in [2.05, 4.69) is 16.9 Å². The third-order valence-electron chi connectivity index (χ3n) is 1.56. The van der Waals surface area contributed by atoms with Gasteiger partial charge in [0.05, 0.1) is 6.33 Å². The van der Waals surface area contributed by atoms with Crippen molar-refractivity contribution in [2.75, 3.05) is 0 Å². The number of aromatic nitrogens is 2. The molecule has 3 nitrogen and oxygen atoms in total. The van der Waals surface area contributed by atoms with E-state index in [-0.39, 0.29) is 6.04 Å². The molecule has 0 aromatic carbocycles. The van der Waals surface area contributed by atoms with Crippen molar-refractivity contribution >= 4 is 0 Å². The summed E-state index contributed by atoms with van der Waals surface area (Å²) in [7, 11) is 0. The maximum atomic E-state index is 5.72. The molecule has 3 N–H and O–H groups in total. The van der Waals surface area contributed by atoms with Gasteiger partial charge in [0.15, 0.2) is 0 Å². The zero-order valence-electron chi connectivity index (χ0n) is 8.17. The minimum Gasteiger partial charge on any atom is -0.348 e. The average Bonchev–Trinajstić information content (AvgIpc) is 2.60. The summed E-state index contributed by atoms with van der Waals surface area (Å²) >= 11 is 0. The van der Waals surface area contributed by atoms with Gasteiger partial charge >= 0.3 is 0 Å². The fraction of sp³-hybridized carbons (Fsp3) is 0.667. The highest BCUT2D eigenvalue weighted by molar-refractivity contribution is 4.96. The molecule has 0 bridgehead atoms. The second kappa shape index (κ2) is 6.85. The summed E-state index contributed by atoms with van der Waals surface area (Å²) in [6, 6.07) is 0.264. The van der Waals surface area contributed by atoms with Gasteiger partial charge in [0.2, 0.25) is 0 Å². The summed E-state index contributed by atoms with van der Waals surface area (Å²) in [5.74, 6) is 0. The molecule has 1 aromatic rings. The van der Waals surface area contributed by atoms with E-state index in [4.69, 9.17) is 5.73 Å². The van der Waals surface area contributed by atoms with Gasteiger partial charge in [0, 0.05) is 24.4 Å². The van der Waals surface area contributed by atoms with Crippen LogP contribution in [-0.2, 0) is 6.42 Å². The molecule has 0 radical (unpaired) electrons. The Balaban J connectivity index is 0.000000561. The van der Waals surface area contributed by atoms with Crippen LogP contribution in [0.4, 0.5) is 0 Å². The standard InChI is InChI=1S/C7H13N3.C2H6/c1-2-6(8)3-7-4-9-5-10-7;1-2/h4-6H,2-3,8H2,1H3,(H,9,10);1-2H3. The number of nitrogens with zero attached hydrogens (tertiary/aromatic N) is 1. The highest BCUT2D eigenvalue weighted by Crippen LogP contribution is 1.97. The number of rotatable bonds is 3. The highest BCUT2D eigenvalue weighted by Gasteiger charge is 2.00. The maximum absolute atomic E-state index is 5.72. The monoisotopic (exact) mass is 169 g/mol. The van der Waals surface area contributed by atoms with E-state index in [0.717, 1.165) is 18.5 Å². The first kappa shape index (κ1) is 11.2. The predicted molar refractivity (Wildman–Crippen MR) is 51.9 cm³/mol. The molecule has 0 aliphatic rings. The Kier molecular flexibility index (Phi) is 6.38. The van der Waals surface area contributed by atoms with Crippen molar-refractivity contribution in [2.45, 2.75) is 39.7 Å². The second-order valence-corrected chi connectivity index (χ2v) is 2.45. The SMILES string of the molecule is CC.CCC(N)Cc1cnc[nH]1. The van der Waals surface area contributed by atoms with Crippen molar-refractivity contribution < 1.29 is 0 Å².